The van der Waals surface area contributed by atoms with Crippen molar-refractivity contribution in [2.45, 2.75) is 57.9 Å². The van der Waals surface area contributed by atoms with Crippen molar-refractivity contribution in [1.82, 2.24) is 0 Å². The summed E-state index contributed by atoms with van der Waals surface area (Å²) in [6.07, 6.45) is -1.65. The first-order valence-corrected chi connectivity index (χ1v) is 7.46. The molecule has 3 atom stereocenters. The third-order valence-corrected chi connectivity index (χ3v) is 2.80. The Labute approximate surface area is 139 Å². The minimum atomic E-state index is -1.24. The van der Waals surface area contributed by atoms with Gasteiger partial charge in [-0.05, 0) is 19.8 Å². The van der Waals surface area contributed by atoms with Crippen LogP contribution in [-0.4, -0.2) is 54.0 Å². The number of hydrogen-bond acceptors (Lipinski definition) is 9. The molecule has 10 heteroatoms. The van der Waals surface area contributed by atoms with Gasteiger partial charge in [0.1, 0.15) is 12.1 Å². The molecular weight excluding hydrogens is 324 g/mol. The lowest BCUT2D eigenvalue weighted by Gasteiger charge is -2.18. The minimum Gasteiger partial charge on any atom is -0.481 e. The van der Waals surface area contributed by atoms with E-state index >= 15 is 0 Å². The standard InChI is InChI=1S/C14H24N2O8/c1-3-22-12(19)7-5-10(16)14(21)24-8(2)23-13(20)9(15)4-6-11(17)18/h8-10H,3-7,15-16H2,1-2H3,(H,17,18)/t8?,9-,10?/m0/s1. The van der Waals surface area contributed by atoms with E-state index < -0.39 is 42.3 Å². The van der Waals surface area contributed by atoms with Crippen LogP contribution in [-0.2, 0) is 33.4 Å². The number of carbonyl (C=O) groups excluding carboxylic acids is 3. The van der Waals surface area contributed by atoms with Gasteiger partial charge in [-0.15, -0.1) is 0 Å². The van der Waals surface area contributed by atoms with Crippen LogP contribution in [0, 0.1) is 0 Å². The lowest BCUT2D eigenvalue weighted by molar-refractivity contribution is -0.186. The Morgan fingerprint density at radius 1 is 0.958 bits per heavy atom. The molecule has 0 aromatic rings. The van der Waals surface area contributed by atoms with E-state index in [4.69, 9.17) is 30.8 Å². The Bertz CT molecular complexity index is 454. The first kappa shape index (κ1) is 21.8. The Hall–Kier alpha value is -2.20. The first-order valence-electron chi connectivity index (χ1n) is 7.46. The van der Waals surface area contributed by atoms with Crippen molar-refractivity contribution in [3.63, 3.8) is 0 Å². The average Bonchev–Trinajstić information content (AvgIpc) is 2.49. The second kappa shape index (κ2) is 11.4. The maximum Gasteiger partial charge on any atom is 0.325 e. The summed E-state index contributed by atoms with van der Waals surface area (Å²) < 4.78 is 14.3. The van der Waals surface area contributed by atoms with E-state index in [1.54, 1.807) is 6.92 Å². The van der Waals surface area contributed by atoms with Gasteiger partial charge in [-0.3, -0.25) is 19.2 Å². The lowest BCUT2D eigenvalue weighted by atomic mass is 10.2. The number of ether oxygens (including phenoxy) is 3. The predicted molar refractivity (Wildman–Crippen MR) is 80.3 cm³/mol. The van der Waals surface area contributed by atoms with Crippen LogP contribution < -0.4 is 11.5 Å². The summed E-state index contributed by atoms with van der Waals surface area (Å²) in [7, 11) is 0. The maximum atomic E-state index is 11.7. The van der Waals surface area contributed by atoms with Gasteiger partial charge < -0.3 is 30.8 Å². The largest absolute Gasteiger partial charge is 0.481 e. The van der Waals surface area contributed by atoms with E-state index in [1.165, 1.54) is 6.92 Å². The molecule has 5 N–H and O–H groups in total. The molecule has 0 aromatic heterocycles. The Balaban J connectivity index is 4.18. The number of carboxylic acid groups (broad SMARTS) is 1. The second-order valence-electron chi connectivity index (χ2n) is 4.93. The molecule has 0 amide bonds. The SMILES string of the molecule is CCOC(=O)CCC(N)C(=O)OC(C)OC(=O)[C@@H](N)CCC(=O)O. The van der Waals surface area contributed by atoms with Crippen LogP contribution >= 0.6 is 0 Å². The molecule has 0 saturated heterocycles. The predicted octanol–water partition coefficient (Wildman–Crippen LogP) is -0.718. The molecule has 0 aliphatic carbocycles. The Kier molecular flexibility index (Phi) is 10.3. The van der Waals surface area contributed by atoms with Crippen LogP contribution in [0.5, 0.6) is 0 Å². The second-order valence-corrected chi connectivity index (χ2v) is 4.93. The van der Waals surface area contributed by atoms with Crippen molar-refractivity contribution >= 4 is 23.9 Å². The zero-order valence-corrected chi connectivity index (χ0v) is 13.7. The van der Waals surface area contributed by atoms with E-state index in [1.807, 2.05) is 0 Å². The summed E-state index contributed by atoms with van der Waals surface area (Å²) in [5.74, 6) is -3.31. The molecular formula is C14H24N2O8. The Morgan fingerprint density at radius 2 is 1.42 bits per heavy atom. The number of carbonyl (C=O) groups is 4. The van der Waals surface area contributed by atoms with Crippen molar-refractivity contribution in [3.8, 4) is 0 Å². The quantitative estimate of drug-likeness (QED) is 0.320. The molecule has 138 valence electrons. The highest BCUT2D eigenvalue weighted by Crippen LogP contribution is 2.05. The zero-order chi connectivity index (χ0) is 18.7. The molecule has 0 rings (SSSR count). The topological polar surface area (TPSA) is 168 Å². The first-order chi connectivity index (χ1) is 11.2. The summed E-state index contributed by atoms with van der Waals surface area (Å²) in [4.78, 5) is 44.8. The van der Waals surface area contributed by atoms with Crippen LogP contribution in [0.1, 0.15) is 39.5 Å². The number of carboxylic acids is 1. The fourth-order valence-electron chi connectivity index (χ4n) is 1.55. The number of esters is 3. The molecule has 0 bridgehead atoms. The molecule has 0 aliphatic rings. The van der Waals surface area contributed by atoms with Crippen molar-refractivity contribution < 1.29 is 38.5 Å². The van der Waals surface area contributed by atoms with Gasteiger partial charge in [-0.1, -0.05) is 0 Å². The van der Waals surface area contributed by atoms with E-state index in [2.05, 4.69) is 0 Å². The number of hydrogen-bond donors (Lipinski definition) is 3. The minimum absolute atomic E-state index is 0.0243. The lowest BCUT2D eigenvalue weighted by Crippen LogP contribution is -2.39. The average molecular weight is 348 g/mol. The van der Waals surface area contributed by atoms with Crippen LogP contribution in [0.2, 0.25) is 0 Å². The molecule has 0 heterocycles. The molecule has 0 radical (unpaired) electrons. The fraction of sp³-hybridized carbons (Fsp3) is 0.714. The highest BCUT2D eigenvalue weighted by molar-refractivity contribution is 5.78. The number of aliphatic carboxylic acids is 1. The van der Waals surface area contributed by atoms with Gasteiger partial charge in [-0.2, -0.15) is 0 Å². The summed E-state index contributed by atoms with van der Waals surface area (Å²) in [5.41, 5.74) is 11.0. The maximum absolute atomic E-state index is 11.7. The van der Waals surface area contributed by atoms with E-state index in [0.717, 1.165) is 0 Å². The Morgan fingerprint density at radius 3 is 1.83 bits per heavy atom. The van der Waals surface area contributed by atoms with Crippen molar-refractivity contribution in [3.05, 3.63) is 0 Å². The highest BCUT2D eigenvalue weighted by Gasteiger charge is 2.23. The highest BCUT2D eigenvalue weighted by atomic mass is 16.7. The van der Waals surface area contributed by atoms with Crippen LogP contribution in [0.25, 0.3) is 0 Å². The number of nitrogens with two attached hydrogens (primary N) is 2. The smallest absolute Gasteiger partial charge is 0.325 e. The van der Waals surface area contributed by atoms with Gasteiger partial charge in [-0.25, -0.2) is 0 Å². The van der Waals surface area contributed by atoms with E-state index in [9.17, 15) is 19.2 Å². The van der Waals surface area contributed by atoms with E-state index in [0.29, 0.717) is 0 Å². The van der Waals surface area contributed by atoms with Gasteiger partial charge >= 0.3 is 23.9 Å². The molecule has 0 fully saturated rings. The van der Waals surface area contributed by atoms with Crippen LogP contribution in [0.3, 0.4) is 0 Å². The molecule has 0 aliphatic heterocycles. The van der Waals surface area contributed by atoms with Crippen molar-refractivity contribution in [2.24, 2.45) is 11.5 Å². The third-order valence-electron chi connectivity index (χ3n) is 2.80. The summed E-state index contributed by atoms with van der Waals surface area (Å²) in [6, 6.07) is -2.21. The van der Waals surface area contributed by atoms with Gasteiger partial charge in [0.15, 0.2) is 0 Å². The molecule has 0 saturated carbocycles. The van der Waals surface area contributed by atoms with E-state index in [-0.39, 0.29) is 32.3 Å². The van der Waals surface area contributed by atoms with Gasteiger partial charge in [0, 0.05) is 19.8 Å². The van der Waals surface area contributed by atoms with Gasteiger partial charge in [0.25, 0.3) is 0 Å². The van der Waals surface area contributed by atoms with Crippen molar-refractivity contribution in [1.29, 1.82) is 0 Å². The van der Waals surface area contributed by atoms with Crippen molar-refractivity contribution in [2.75, 3.05) is 6.61 Å². The fourth-order valence-corrected chi connectivity index (χ4v) is 1.55. The summed E-state index contributed by atoms with van der Waals surface area (Å²) >= 11 is 0. The molecule has 0 aromatic carbocycles. The zero-order valence-electron chi connectivity index (χ0n) is 13.7. The third kappa shape index (κ3) is 9.74. The summed E-state index contributed by atoms with van der Waals surface area (Å²) in [6.45, 7) is 3.18. The molecule has 10 nitrogen and oxygen atoms in total. The normalized spacial score (nSPS) is 14.2. The van der Waals surface area contributed by atoms with Crippen LogP contribution in [0.4, 0.5) is 0 Å². The number of rotatable bonds is 11. The molecule has 24 heavy (non-hydrogen) atoms. The monoisotopic (exact) mass is 348 g/mol. The summed E-state index contributed by atoms with van der Waals surface area (Å²) in [5, 5.41) is 8.51. The van der Waals surface area contributed by atoms with Gasteiger partial charge in [0.05, 0.1) is 6.61 Å². The molecule has 0 spiro atoms. The van der Waals surface area contributed by atoms with Crippen LogP contribution in [0.15, 0.2) is 0 Å². The van der Waals surface area contributed by atoms with Gasteiger partial charge in [0.2, 0.25) is 6.29 Å². The molecule has 2 unspecified atom stereocenters.